The molecule has 0 saturated carbocycles. The van der Waals surface area contributed by atoms with Gasteiger partial charge in [0.1, 0.15) is 11.6 Å². The first kappa shape index (κ1) is 11.9. The molecule has 1 aliphatic rings. The number of thioether (sulfide) groups is 1. The lowest BCUT2D eigenvalue weighted by Gasteiger charge is -2.18. The first-order chi connectivity index (χ1) is 7.69. The Bertz CT molecular complexity index is 395. The highest BCUT2D eigenvalue weighted by atomic mass is 32.2. The highest BCUT2D eigenvalue weighted by Crippen LogP contribution is 2.47. The molecule has 0 amide bonds. The first-order valence-corrected chi connectivity index (χ1v) is 6.38. The Morgan fingerprint density at radius 3 is 2.62 bits per heavy atom. The lowest BCUT2D eigenvalue weighted by molar-refractivity contribution is 0.496. The third-order valence-corrected chi connectivity index (χ3v) is 4.39. The van der Waals surface area contributed by atoms with E-state index >= 15 is 0 Å². The van der Waals surface area contributed by atoms with Crippen LogP contribution in [0.3, 0.4) is 0 Å². The number of hydrogen-bond acceptors (Lipinski definition) is 2. The van der Waals surface area contributed by atoms with Crippen molar-refractivity contribution < 1.29 is 8.78 Å². The second-order valence-corrected chi connectivity index (χ2v) is 5.23. The highest BCUT2D eigenvalue weighted by Gasteiger charge is 2.35. The molecule has 0 spiro atoms. The number of rotatable bonds is 3. The van der Waals surface area contributed by atoms with Crippen LogP contribution in [0.1, 0.15) is 31.4 Å². The molecule has 1 heterocycles. The van der Waals surface area contributed by atoms with Crippen LogP contribution in [0.2, 0.25) is 0 Å². The topological polar surface area (TPSA) is 12.0 Å². The molecule has 0 bridgehead atoms. The predicted molar refractivity (Wildman–Crippen MR) is 62.7 cm³/mol. The minimum absolute atomic E-state index is 0.0735. The summed E-state index contributed by atoms with van der Waals surface area (Å²) in [5.41, 5.74) is 0.506. The highest BCUT2D eigenvalue weighted by molar-refractivity contribution is 8.00. The van der Waals surface area contributed by atoms with Crippen LogP contribution in [0.25, 0.3) is 0 Å². The predicted octanol–water partition coefficient (Wildman–Crippen LogP) is 3.50. The summed E-state index contributed by atoms with van der Waals surface area (Å²) in [5.74, 6) is -0.609. The normalized spacial score (nSPS) is 23.5. The van der Waals surface area contributed by atoms with Crippen molar-refractivity contribution in [2.24, 2.45) is 0 Å². The summed E-state index contributed by atoms with van der Waals surface area (Å²) in [5, 5.41) is 3.33. The zero-order valence-corrected chi connectivity index (χ0v) is 10.2. The van der Waals surface area contributed by atoms with Gasteiger partial charge in [0.15, 0.2) is 0 Å². The van der Waals surface area contributed by atoms with E-state index in [0.717, 1.165) is 12.8 Å². The molecule has 1 aromatic rings. The fourth-order valence-electron chi connectivity index (χ4n) is 2.20. The fourth-order valence-corrected chi connectivity index (χ4v) is 3.80. The maximum absolute atomic E-state index is 13.7. The number of fused-ring (bicyclic) bond motifs is 1. The molecule has 0 aromatic heterocycles. The second kappa shape index (κ2) is 4.72. The van der Waals surface area contributed by atoms with Gasteiger partial charge in [-0.15, -0.1) is 11.8 Å². The lowest BCUT2D eigenvalue weighted by Crippen LogP contribution is -2.24. The molecule has 2 atom stereocenters. The van der Waals surface area contributed by atoms with Crippen molar-refractivity contribution in [1.29, 1.82) is 0 Å². The summed E-state index contributed by atoms with van der Waals surface area (Å²) < 4.78 is 27.3. The monoisotopic (exact) mass is 243 g/mol. The van der Waals surface area contributed by atoms with Crippen molar-refractivity contribution in [3.8, 4) is 0 Å². The molecule has 4 heteroatoms. The van der Waals surface area contributed by atoms with Gasteiger partial charge >= 0.3 is 0 Å². The van der Waals surface area contributed by atoms with Crippen LogP contribution in [0.15, 0.2) is 17.0 Å². The Morgan fingerprint density at radius 2 is 2.00 bits per heavy atom. The van der Waals surface area contributed by atoms with Crippen molar-refractivity contribution in [3.05, 3.63) is 29.3 Å². The van der Waals surface area contributed by atoms with Crippen LogP contribution < -0.4 is 5.32 Å². The summed E-state index contributed by atoms with van der Waals surface area (Å²) in [6, 6.07) is 2.35. The number of halogens is 2. The molecule has 0 aliphatic carbocycles. The van der Waals surface area contributed by atoms with Gasteiger partial charge in [-0.3, -0.25) is 0 Å². The number of benzene rings is 1. The summed E-state index contributed by atoms with van der Waals surface area (Å²) >= 11 is 1.46. The van der Waals surface area contributed by atoms with Gasteiger partial charge in [0.25, 0.3) is 0 Å². The van der Waals surface area contributed by atoms with Crippen molar-refractivity contribution >= 4 is 11.8 Å². The van der Waals surface area contributed by atoms with Crippen molar-refractivity contribution in [2.45, 2.75) is 36.0 Å². The van der Waals surface area contributed by atoms with E-state index in [1.54, 1.807) is 7.05 Å². The summed E-state index contributed by atoms with van der Waals surface area (Å²) in [4.78, 5) is 0.484. The largest absolute Gasteiger partial charge is 0.312 e. The van der Waals surface area contributed by atoms with Gasteiger partial charge < -0.3 is 5.32 Å². The van der Waals surface area contributed by atoms with Crippen molar-refractivity contribution in [2.75, 3.05) is 7.05 Å². The van der Waals surface area contributed by atoms with E-state index in [0.29, 0.717) is 10.5 Å². The van der Waals surface area contributed by atoms with E-state index < -0.39 is 0 Å². The van der Waals surface area contributed by atoms with Gasteiger partial charge in [-0.2, -0.15) is 0 Å². The third kappa shape index (κ3) is 1.84. The summed E-state index contributed by atoms with van der Waals surface area (Å²) in [7, 11) is 1.80. The SMILES string of the molecule is CCCC1Sc2c(F)ccc(F)c2C1NC. The zero-order chi connectivity index (χ0) is 11.7. The maximum atomic E-state index is 13.7. The van der Waals surface area contributed by atoms with Crippen molar-refractivity contribution in [3.63, 3.8) is 0 Å². The standard InChI is InChI=1S/C12H15F2NS/c1-3-4-9-11(15-2)10-7(13)5-6-8(14)12(10)16-9/h5-6,9,11,15H,3-4H2,1-2H3. The number of hydrogen-bond donors (Lipinski definition) is 1. The van der Waals surface area contributed by atoms with E-state index in [2.05, 4.69) is 12.2 Å². The summed E-state index contributed by atoms with van der Waals surface area (Å²) in [6.07, 6.45) is 1.98. The van der Waals surface area contributed by atoms with Gasteiger partial charge in [0, 0.05) is 16.9 Å². The molecule has 1 N–H and O–H groups in total. The van der Waals surface area contributed by atoms with E-state index in [-0.39, 0.29) is 22.9 Å². The molecule has 1 aromatic carbocycles. The van der Waals surface area contributed by atoms with Crippen LogP contribution >= 0.6 is 11.8 Å². The van der Waals surface area contributed by atoms with E-state index in [1.807, 2.05) is 0 Å². The lowest BCUT2D eigenvalue weighted by atomic mass is 10.0. The molecular formula is C12H15F2NS. The van der Waals surface area contributed by atoms with E-state index in [9.17, 15) is 8.78 Å². The molecule has 0 saturated heterocycles. The van der Waals surface area contributed by atoms with E-state index in [4.69, 9.17) is 0 Å². The molecule has 88 valence electrons. The van der Waals surface area contributed by atoms with Gasteiger partial charge in [0.2, 0.25) is 0 Å². The molecule has 1 nitrogen and oxygen atoms in total. The molecule has 16 heavy (non-hydrogen) atoms. The molecular weight excluding hydrogens is 228 g/mol. The molecule has 0 radical (unpaired) electrons. The maximum Gasteiger partial charge on any atom is 0.137 e. The van der Waals surface area contributed by atoms with Gasteiger partial charge in [-0.05, 0) is 25.6 Å². The minimum Gasteiger partial charge on any atom is -0.312 e. The molecule has 2 rings (SSSR count). The Morgan fingerprint density at radius 1 is 1.31 bits per heavy atom. The third-order valence-electron chi connectivity index (χ3n) is 2.93. The minimum atomic E-state index is -0.305. The van der Waals surface area contributed by atoms with Crippen molar-refractivity contribution in [1.82, 2.24) is 5.32 Å². The Kier molecular flexibility index (Phi) is 3.50. The Hall–Kier alpha value is -0.610. The van der Waals surface area contributed by atoms with Crippen LogP contribution in [0, 0.1) is 11.6 Å². The van der Waals surface area contributed by atoms with Crippen LogP contribution in [0.4, 0.5) is 8.78 Å². The molecule has 2 unspecified atom stereocenters. The average molecular weight is 243 g/mol. The van der Waals surface area contributed by atoms with Gasteiger partial charge in [-0.25, -0.2) is 8.78 Å². The van der Waals surface area contributed by atoms with E-state index in [1.165, 1.54) is 23.9 Å². The second-order valence-electron chi connectivity index (χ2n) is 3.98. The first-order valence-electron chi connectivity index (χ1n) is 5.50. The molecule has 1 aliphatic heterocycles. The van der Waals surface area contributed by atoms with Gasteiger partial charge in [-0.1, -0.05) is 13.3 Å². The van der Waals surface area contributed by atoms with Crippen LogP contribution in [-0.4, -0.2) is 12.3 Å². The average Bonchev–Trinajstić information content (AvgIpc) is 2.64. The smallest absolute Gasteiger partial charge is 0.137 e. The quantitative estimate of drug-likeness (QED) is 0.872. The number of nitrogens with one attached hydrogen (secondary N) is 1. The Balaban J connectivity index is 2.42. The molecule has 0 fully saturated rings. The van der Waals surface area contributed by atoms with Crippen LogP contribution in [-0.2, 0) is 0 Å². The fraction of sp³-hybridized carbons (Fsp3) is 0.500. The Labute approximate surface area is 98.6 Å². The van der Waals surface area contributed by atoms with Crippen LogP contribution in [0.5, 0.6) is 0 Å². The van der Waals surface area contributed by atoms with Gasteiger partial charge in [0.05, 0.1) is 4.90 Å². The summed E-state index contributed by atoms with van der Waals surface area (Å²) in [6.45, 7) is 2.09. The zero-order valence-electron chi connectivity index (χ0n) is 9.39.